The van der Waals surface area contributed by atoms with E-state index in [1.165, 1.54) is 12.0 Å². The van der Waals surface area contributed by atoms with Gasteiger partial charge in [0.1, 0.15) is 6.04 Å². The lowest BCUT2D eigenvalue weighted by Gasteiger charge is -2.21. The summed E-state index contributed by atoms with van der Waals surface area (Å²) in [6, 6.07) is 8.54. The van der Waals surface area contributed by atoms with Crippen LogP contribution >= 0.6 is 0 Å². The van der Waals surface area contributed by atoms with E-state index in [2.05, 4.69) is 0 Å². The van der Waals surface area contributed by atoms with Gasteiger partial charge in [0.15, 0.2) is 0 Å². The van der Waals surface area contributed by atoms with Gasteiger partial charge in [-0.25, -0.2) is 4.79 Å². The summed E-state index contributed by atoms with van der Waals surface area (Å²) in [6.45, 7) is 0.346. The lowest BCUT2D eigenvalue weighted by Crippen LogP contribution is -2.41. The van der Waals surface area contributed by atoms with Gasteiger partial charge in [0.25, 0.3) is 0 Å². The molecule has 1 fully saturated rings. The van der Waals surface area contributed by atoms with Crippen molar-refractivity contribution in [2.75, 3.05) is 13.7 Å². The average molecular weight is 263 g/mol. The highest BCUT2D eigenvalue weighted by atomic mass is 16.5. The molecule has 0 saturated carbocycles. The van der Waals surface area contributed by atoms with Crippen LogP contribution in [0.25, 0.3) is 0 Å². The van der Waals surface area contributed by atoms with Crippen molar-refractivity contribution >= 4 is 11.9 Å². The monoisotopic (exact) mass is 263 g/mol. The third-order valence-electron chi connectivity index (χ3n) is 3.40. The van der Waals surface area contributed by atoms with E-state index < -0.39 is 12.0 Å². The van der Waals surface area contributed by atoms with Gasteiger partial charge >= 0.3 is 5.97 Å². The molecule has 5 nitrogen and oxygen atoms in total. The van der Waals surface area contributed by atoms with Crippen molar-refractivity contribution in [1.82, 2.24) is 4.90 Å². The van der Waals surface area contributed by atoms with Gasteiger partial charge in [0, 0.05) is 20.1 Å². The molecule has 102 valence electrons. The van der Waals surface area contributed by atoms with Crippen molar-refractivity contribution in [3.8, 4) is 0 Å². The van der Waals surface area contributed by atoms with Crippen LogP contribution < -0.4 is 0 Å². The smallest absolute Gasteiger partial charge is 0.326 e. The molecule has 1 aliphatic rings. The van der Waals surface area contributed by atoms with Crippen LogP contribution in [0.2, 0.25) is 0 Å². The summed E-state index contributed by atoms with van der Waals surface area (Å²) < 4.78 is 5.16. The molecule has 1 aromatic carbocycles. The van der Waals surface area contributed by atoms with Crippen LogP contribution in [0.5, 0.6) is 0 Å². The fourth-order valence-corrected chi connectivity index (χ4v) is 2.35. The quantitative estimate of drug-likeness (QED) is 0.877. The highest BCUT2D eigenvalue weighted by Gasteiger charge is 2.39. The molecule has 1 aromatic rings. The summed E-state index contributed by atoms with van der Waals surface area (Å²) in [4.78, 5) is 24.8. The number of hydrogen-bond acceptors (Lipinski definition) is 3. The highest BCUT2D eigenvalue weighted by Crippen LogP contribution is 2.21. The Hall–Kier alpha value is -1.88. The number of carboxylic acids is 1. The van der Waals surface area contributed by atoms with Crippen molar-refractivity contribution < 1.29 is 19.4 Å². The first kappa shape index (κ1) is 13.5. The molecule has 0 aliphatic carbocycles. The third-order valence-corrected chi connectivity index (χ3v) is 3.40. The molecule has 19 heavy (non-hydrogen) atoms. The van der Waals surface area contributed by atoms with Crippen molar-refractivity contribution in [3.63, 3.8) is 0 Å². The molecule has 2 unspecified atom stereocenters. The van der Waals surface area contributed by atoms with Crippen molar-refractivity contribution in [1.29, 1.82) is 0 Å². The van der Waals surface area contributed by atoms with Crippen molar-refractivity contribution in [3.05, 3.63) is 35.9 Å². The van der Waals surface area contributed by atoms with Crippen molar-refractivity contribution in [2.45, 2.75) is 25.0 Å². The second-order valence-electron chi connectivity index (χ2n) is 4.66. The zero-order valence-electron chi connectivity index (χ0n) is 10.8. The minimum Gasteiger partial charge on any atom is -0.480 e. The van der Waals surface area contributed by atoms with Crippen LogP contribution in [0.3, 0.4) is 0 Å². The molecule has 1 heterocycles. The predicted octanol–water partition coefficient (Wildman–Crippen LogP) is 0.930. The minimum atomic E-state index is -0.971. The first-order chi connectivity index (χ1) is 9.11. The number of ether oxygens (including phenoxy) is 1. The maximum atomic E-state index is 12.2. The Labute approximate surface area is 111 Å². The number of carbonyl (C=O) groups excluding carboxylic acids is 1. The molecular formula is C14H17NO4. The van der Waals surface area contributed by atoms with Crippen LogP contribution in [0.1, 0.15) is 12.0 Å². The second kappa shape index (κ2) is 5.84. The summed E-state index contributed by atoms with van der Waals surface area (Å²) in [6.07, 6.45) is 0.383. The number of benzene rings is 1. The SMILES string of the molecule is COC1CC(C(=O)O)N(C(=O)Cc2ccccc2)C1. The fourth-order valence-electron chi connectivity index (χ4n) is 2.35. The molecular weight excluding hydrogens is 246 g/mol. The van der Waals surface area contributed by atoms with Gasteiger partial charge in [-0.05, 0) is 5.56 Å². The Morgan fingerprint density at radius 1 is 1.37 bits per heavy atom. The number of carboxylic acid groups (broad SMARTS) is 1. The van der Waals surface area contributed by atoms with E-state index in [1.807, 2.05) is 30.3 Å². The van der Waals surface area contributed by atoms with E-state index in [0.717, 1.165) is 5.56 Å². The third kappa shape index (κ3) is 3.12. The number of rotatable bonds is 4. The first-order valence-electron chi connectivity index (χ1n) is 6.21. The Morgan fingerprint density at radius 3 is 2.63 bits per heavy atom. The zero-order chi connectivity index (χ0) is 13.8. The normalized spacial score (nSPS) is 22.5. The van der Waals surface area contributed by atoms with Gasteiger partial charge in [0.05, 0.1) is 12.5 Å². The molecule has 2 atom stereocenters. The maximum Gasteiger partial charge on any atom is 0.326 e. The van der Waals surface area contributed by atoms with E-state index >= 15 is 0 Å². The van der Waals surface area contributed by atoms with E-state index in [4.69, 9.17) is 9.84 Å². The number of aliphatic carboxylic acids is 1. The molecule has 1 amide bonds. The topological polar surface area (TPSA) is 66.8 Å². The van der Waals surface area contributed by atoms with Gasteiger partial charge in [-0.15, -0.1) is 0 Å². The minimum absolute atomic E-state index is 0.168. The summed E-state index contributed by atoms with van der Waals surface area (Å²) >= 11 is 0. The zero-order valence-corrected chi connectivity index (χ0v) is 10.8. The Balaban J connectivity index is 2.07. The summed E-state index contributed by atoms with van der Waals surface area (Å²) in [7, 11) is 1.54. The molecule has 1 saturated heterocycles. The van der Waals surface area contributed by atoms with E-state index in [0.29, 0.717) is 13.0 Å². The molecule has 0 radical (unpaired) electrons. The molecule has 5 heteroatoms. The predicted molar refractivity (Wildman–Crippen MR) is 68.7 cm³/mol. The second-order valence-corrected chi connectivity index (χ2v) is 4.66. The molecule has 1 aliphatic heterocycles. The summed E-state index contributed by atoms with van der Waals surface area (Å²) in [5, 5.41) is 9.16. The van der Waals surface area contributed by atoms with Gasteiger partial charge in [-0.1, -0.05) is 30.3 Å². The van der Waals surface area contributed by atoms with Crippen LogP contribution in [-0.2, 0) is 20.7 Å². The number of likely N-dealkylation sites (tertiary alicyclic amines) is 1. The standard InChI is InChI=1S/C14H17NO4/c1-19-11-8-12(14(17)18)15(9-11)13(16)7-10-5-3-2-4-6-10/h2-6,11-12H,7-9H2,1H3,(H,17,18). The Morgan fingerprint density at radius 2 is 2.05 bits per heavy atom. The number of amides is 1. The first-order valence-corrected chi connectivity index (χ1v) is 6.21. The number of hydrogen-bond donors (Lipinski definition) is 1. The van der Waals surface area contributed by atoms with E-state index in [-0.39, 0.29) is 18.4 Å². The molecule has 2 rings (SSSR count). The van der Waals surface area contributed by atoms with Gasteiger partial charge in [-0.2, -0.15) is 0 Å². The van der Waals surface area contributed by atoms with E-state index in [1.54, 1.807) is 0 Å². The van der Waals surface area contributed by atoms with Crippen LogP contribution in [0.15, 0.2) is 30.3 Å². The summed E-state index contributed by atoms with van der Waals surface area (Å²) in [5.41, 5.74) is 0.887. The van der Waals surface area contributed by atoms with Gasteiger partial charge < -0.3 is 14.7 Å². The average Bonchev–Trinajstić information content (AvgIpc) is 2.84. The van der Waals surface area contributed by atoms with Crippen molar-refractivity contribution in [2.24, 2.45) is 0 Å². The molecule has 0 spiro atoms. The van der Waals surface area contributed by atoms with E-state index in [9.17, 15) is 9.59 Å². The number of nitrogens with zero attached hydrogens (tertiary/aromatic N) is 1. The Kier molecular flexibility index (Phi) is 4.16. The largest absolute Gasteiger partial charge is 0.480 e. The van der Waals surface area contributed by atoms with Gasteiger partial charge in [0.2, 0.25) is 5.91 Å². The summed E-state index contributed by atoms with van der Waals surface area (Å²) in [5.74, 6) is -1.14. The van der Waals surface area contributed by atoms with Crippen LogP contribution in [0.4, 0.5) is 0 Å². The lowest BCUT2D eigenvalue weighted by molar-refractivity contribution is -0.148. The molecule has 0 aromatic heterocycles. The highest BCUT2D eigenvalue weighted by molar-refractivity contribution is 5.85. The number of methoxy groups -OCH3 is 1. The van der Waals surface area contributed by atoms with Crippen LogP contribution in [-0.4, -0.2) is 47.7 Å². The fraction of sp³-hybridized carbons (Fsp3) is 0.429. The van der Waals surface area contributed by atoms with Gasteiger partial charge in [-0.3, -0.25) is 4.79 Å². The number of carbonyl (C=O) groups is 2. The maximum absolute atomic E-state index is 12.2. The van der Waals surface area contributed by atoms with Crippen LogP contribution in [0, 0.1) is 0 Å². The Bertz CT molecular complexity index is 460. The molecule has 0 bridgehead atoms. The molecule has 1 N–H and O–H groups in total. The lowest BCUT2D eigenvalue weighted by atomic mass is 10.1.